The topological polar surface area (TPSA) is 55.1 Å². The fourth-order valence-corrected chi connectivity index (χ4v) is 0.624. The number of nitrogens with zero attached hydrogens (tertiary/aromatic N) is 1. The Bertz CT molecular complexity index is 229. The molecule has 0 aliphatic rings. The highest BCUT2D eigenvalue weighted by atomic mass is 16.3. The molecule has 1 heterocycles. The molecule has 1 aromatic heterocycles. The van der Waals surface area contributed by atoms with Gasteiger partial charge in [-0.1, -0.05) is 0 Å². The molecule has 0 unspecified atom stereocenters. The minimum Gasteiger partial charge on any atom is -0.440 e. The smallest absolute Gasteiger partial charge is 0.284 e. The first-order valence-corrected chi connectivity index (χ1v) is 3.32. The molecule has 1 rings (SSSR count). The molecule has 1 radical (unpaired) electrons. The molecule has 1 N–H and O–H groups in total. The minimum absolute atomic E-state index is 0.110. The summed E-state index contributed by atoms with van der Waals surface area (Å²) in [7, 11) is 0. The Labute approximate surface area is 64.6 Å². The van der Waals surface area contributed by atoms with Gasteiger partial charge in [-0.25, -0.2) is 0 Å². The number of oxazole rings is 1. The number of aromatic nitrogens is 1. The quantitative estimate of drug-likeness (QED) is 0.677. The normalized spacial score (nSPS) is 10.1. The van der Waals surface area contributed by atoms with Gasteiger partial charge in [0.05, 0.1) is 0 Å². The van der Waals surface area contributed by atoms with Crippen LogP contribution in [-0.4, -0.2) is 16.9 Å². The van der Waals surface area contributed by atoms with Crippen LogP contribution in [0, 0.1) is 6.39 Å². The SMILES string of the molecule is CC(C)NC(=O)c1co[c]n1. The molecule has 0 saturated heterocycles. The zero-order valence-corrected chi connectivity index (χ0v) is 6.42. The molecule has 1 aromatic rings. The summed E-state index contributed by atoms with van der Waals surface area (Å²) in [5.41, 5.74) is 0.263. The van der Waals surface area contributed by atoms with Crippen molar-refractivity contribution >= 4 is 5.91 Å². The minimum atomic E-state index is -0.231. The van der Waals surface area contributed by atoms with E-state index in [9.17, 15) is 4.79 Å². The van der Waals surface area contributed by atoms with Crippen LogP contribution in [0.2, 0.25) is 0 Å². The molecule has 59 valence electrons. The Balaban J connectivity index is 2.57. The Kier molecular flexibility index (Phi) is 2.25. The van der Waals surface area contributed by atoms with E-state index >= 15 is 0 Å². The van der Waals surface area contributed by atoms with Crippen molar-refractivity contribution in [3.63, 3.8) is 0 Å². The van der Waals surface area contributed by atoms with Crippen LogP contribution < -0.4 is 5.32 Å². The Hall–Kier alpha value is -1.32. The highest BCUT2D eigenvalue weighted by Gasteiger charge is 2.08. The number of carbonyl (C=O) groups is 1. The van der Waals surface area contributed by atoms with Crippen molar-refractivity contribution in [2.24, 2.45) is 0 Å². The summed E-state index contributed by atoms with van der Waals surface area (Å²) in [6, 6.07) is 0.110. The van der Waals surface area contributed by atoms with Gasteiger partial charge in [0, 0.05) is 6.04 Å². The fraction of sp³-hybridized carbons (Fsp3) is 0.429. The second kappa shape index (κ2) is 3.18. The largest absolute Gasteiger partial charge is 0.440 e. The molecule has 0 spiro atoms. The van der Waals surface area contributed by atoms with Gasteiger partial charge in [0.1, 0.15) is 6.26 Å². The second-order valence-electron chi connectivity index (χ2n) is 2.45. The first-order valence-electron chi connectivity index (χ1n) is 3.32. The third kappa shape index (κ3) is 2.07. The van der Waals surface area contributed by atoms with Crippen molar-refractivity contribution in [2.75, 3.05) is 0 Å². The van der Waals surface area contributed by atoms with Gasteiger partial charge in [0.25, 0.3) is 12.3 Å². The summed E-state index contributed by atoms with van der Waals surface area (Å²) in [4.78, 5) is 14.6. The lowest BCUT2D eigenvalue weighted by atomic mass is 10.3. The zero-order valence-electron chi connectivity index (χ0n) is 6.42. The Morgan fingerprint density at radius 1 is 1.82 bits per heavy atom. The molecule has 4 nitrogen and oxygen atoms in total. The second-order valence-corrected chi connectivity index (χ2v) is 2.45. The third-order valence-corrected chi connectivity index (χ3v) is 1.04. The predicted octanol–water partition coefficient (Wildman–Crippen LogP) is 0.613. The van der Waals surface area contributed by atoms with Crippen LogP contribution in [-0.2, 0) is 0 Å². The van der Waals surface area contributed by atoms with E-state index in [1.807, 2.05) is 13.8 Å². The van der Waals surface area contributed by atoms with Gasteiger partial charge in [-0.3, -0.25) is 4.79 Å². The molecular weight excluding hydrogens is 144 g/mol. The highest BCUT2D eigenvalue weighted by molar-refractivity contribution is 5.91. The monoisotopic (exact) mass is 153 g/mol. The average molecular weight is 153 g/mol. The Morgan fingerprint density at radius 2 is 2.55 bits per heavy atom. The maximum Gasteiger partial charge on any atom is 0.284 e. The molecule has 4 heteroatoms. The van der Waals surface area contributed by atoms with E-state index in [1.54, 1.807) is 0 Å². The van der Waals surface area contributed by atoms with Crippen LogP contribution in [0.3, 0.4) is 0 Å². The maximum absolute atomic E-state index is 11.1. The van der Waals surface area contributed by atoms with Gasteiger partial charge in [0.2, 0.25) is 0 Å². The number of hydrogen-bond acceptors (Lipinski definition) is 3. The molecule has 0 aromatic carbocycles. The van der Waals surface area contributed by atoms with Crippen molar-refractivity contribution in [1.82, 2.24) is 10.3 Å². The van der Waals surface area contributed by atoms with Gasteiger partial charge in [0.15, 0.2) is 5.69 Å². The van der Waals surface area contributed by atoms with Crippen LogP contribution in [0.1, 0.15) is 24.3 Å². The zero-order chi connectivity index (χ0) is 8.27. The maximum atomic E-state index is 11.1. The van der Waals surface area contributed by atoms with Crippen molar-refractivity contribution in [3.05, 3.63) is 18.4 Å². The molecule has 1 amide bonds. The molecular formula is C7H9N2O2. The summed E-state index contributed by atoms with van der Waals surface area (Å²) >= 11 is 0. The fourth-order valence-electron chi connectivity index (χ4n) is 0.624. The molecule has 0 bridgehead atoms. The van der Waals surface area contributed by atoms with Crippen molar-refractivity contribution < 1.29 is 9.21 Å². The molecule has 0 fully saturated rings. The van der Waals surface area contributed by atoms with E-state index in [0.29, 0.717) is 0 Å². The van der Waals surface area contributed by atoms with E-state index < -0.39 is 0 Å². The van der Waals surface area contributed by atoms with Crippen LogP contribution >= 0.6 is 0 Å². The van der Waals surface area contributed by atoms with Gasteiger partial charge in [-0.2, -0.15) is 4.98 Å². The number of nitrogens with one attached hydrogen (secondary N) is 1. The van der Waals surface area contributed by atoms with Crippen LogP contribution in [0.25, 0.3) is 0 Å². The molecule has 0 saturated carbocycles. The number of amides is 1. The molecule has 0 aliphatic carbocycles. The van der Waals surface area contributed by atoms with Gasteiger partial charge >= 0.3 is 0 Å². The molecule has 11 heavy (non-hydrogen) atoms. The summed E-state index contributed by atoms with van der Waals surface area (Å²) in [5, 5.41) is 2.66. The molecule has 0 aliphatic heterocycles. The Morgan fingerprint density at radius 3 is 3.00 bits per heavy atom. The van der Waals surface area contributed by atoms with E-state index in [-0.39, 0.29) is 17.6 Å². The van der Waals surface area contributed by atoms with Gasteiger partial charge < -0.3 is 9.73 Å². The standard InChI is InChI=1S/C7H9N2O2/c1-5(2)9-7(10)6-3-11-4-8-6/h3,5H,1-2H3,(H,9,10). The summed E-state index contributed by atoms with van der Waals surface area (Å²) in [5.74, 6) is -0.231. The summed E-state index contributed by atoms with van der Waals surface area (Å²) in [6.07, 6.45) is 3.46. The van der Waals surface area contributed by atoms with Crippen molar-refractivity contribution in [1.29, 1.82) is 0 Å². The van der Waals surface area contributed by atoms with E-state index in [0.717, 1.165) is 0 Å². The van der Waals surface area contributed by atoms with E-state index in [2.05, 4.69) is 21.1 Å². The number of hydrogen-bond donors (Lipinski definition) is 1. The third-order valence-electron chi connectivity index (χ3n) is 1.04. The summed E-state index contributed by atoms with van der Waals surface area (Å²) < 4.78 is 4.52. The first-order chi connectivity index (χ1) is 5.20. The number of rotatable bonds is 2. The van der Waals surface area contributed by atoms with Gasteiger partial charge in [-0.15, -0.1) is 0 Å². The van der Waals surface area contributed by atoms with Crippen molar-refractivity contribution in [3.8, 4) is 0 Å². The van der Waals surface area contributed by atoms with E-state index in [1.165, 1.54) is 6.26 Å². The van der Waals surface area contributed by atoms with Crippen LogP contribution in [0.5, 0.6) is 0 Å². The van der Waals surface area contributed by atoms with Crippen LogP contribution in [0.15, 0.2) is 10.7 Å². The lowest BCUT2D eigenvalue weighted by Crippen LogP contribution is -2.30. The lowest BCUT2D eigenvalue weighted by molar-refractivity contribution is 0.0938. The first kappa shape index (κ1) is 7.78. The highest BCUT2D eigenvalue weighted by Crippen LogP contribution is 1.93. The van der Waals surface area contributed by atoms with Gasteiger partial charge in [-0.05, 0) is 13.8 Å². The average Bonchev–Trinajstić information content (AvgIpc) is 2.35. The van der Waals surface area contributed by atoms with Crippen LogP contribution in [0.4, 0.5) is 0 Å². The van der Waals surface area contributed by atoms with Crippen molar-refractivity contribution in [2.45, 2.75) is 19.9 Å². The number of carbonyl (C=O) groups excluding carboxylic acids is 1. The predicted molar refractivity (Wildman–Crippen MR) is 37.9 cm³/mol. The molecule has 0 atom stereocenters. The van der Waals surface area contributed by atoms with E-state index in [4.69, 9.17) is 0 Å². The summed E-state index contributed by atoms with van der Waals surface area (Å²) in [6.45, 7) is 3.75. The lowest BCUT2D eigenvalue weighted by Gasteiger charge is -2.04.